The van der Waals surface area contributed by atoms with Gasteiger partial charge in [-0.15, -0.1) is 0 Å². The maximum absolute atomic E-state index is 10.6. The highest BCUT2D eigenvalue weighted by Crippen LogP contribution is 2.41. The predicted molar refractivity (Wildman–Crippen MR) is 61.9 cm³/mol. The molecular weight excluding hydrogens is 220 g/mol. The number of aliphatic carboxylic acids is 1. The maximum Gasteiger partial charge on any atom is 0.303 e. The summed E-state index contributed by atoms with van der Waals surface area (Å²) in [6.45, 7) is 1.84. The third-order valence-electron chi connectivity index (χ3n) is 3.13. The van der Waals surface area contributed by atoms with Crippen molar-refractivity contribution in [1.82, 2.24) is 0 Å². The van der Waals surface area contributed by atoms with Crippen molar-refractivity contribution in [3.8, 4) is 5.75 Å². The van der Waals surface area contributed by atoms with Crippen LogP contribution in [0.25, 0.3) is 0 Å². The number of carboxylic acid groups (broad SMARTS) is 1. The summed E-state index contributed by atoms with van der Waals surface area (Å²) in [5, 5.41) is 18.7. The van der Waals surface area contributed by atoms with E-state index in [9.17, 15) is 9.90 Å². The number of rotatable bonds is 3. The molecule has 1 heterocycles. The molecule has 0 spiro atoms. The molecule has 2 atom stereocenters. The van der Waals surface area contributed by atoms with Gasteiger partial charge in [0.1, 0.15) is 11.4 Å². The lowest BCUT2D eigenvalue weighted by atomic mass is 9.87. The number of hydrogen-bond acceptors (Lipinski definition) is 3. The van der Waals surface area contributed by atoms with E-state index < -0.39 is 17.7 Å². The number of carboxylic acids is 1. The minimum atomic E-state index is -0.844. The summed E-state index contributed by atoms with van der Waals surface area (Å²) in [6, 6.07) is 7.33. The van der Waals surface area contributed by atoms with Crippen LogP contribution in [0.3, 0.4) is 0 Å². The lowest BCUT2D eigenvalue weighted by Crippen LogP contribution is -2.38. The number of ether oxygens (including phenoxy) is 1. The van der Waals surface area contributed by atoms with Gasteiger partial charge in [0, 0.05) is 18.4 Å². The smallest absolute Gasteiger partial charge is 0.303 e. The van der Waals surface area contributed by atoms with Gasteiger partial charge in [-0.25, -0.2) is 0 Å². The van der Waals surface area contributed by atoms with Crippen LogP contribution in [0.4, 0.5) is 0 Å². The summed E-state index contributed by atoms with van der Waals surface area (Å²) in [7, 11) is 0. The van der Waals surface area contributed by atoms with Crippen molar-refractivity contribution in [2.75, 3.05) is 0 Å². The summed E-state index contributed by atoms with van der Waals surface area (Å²) < 4.78 is 5.82. The van der Waals surface area contributed by atoms with Crippen molar-refractivity contribution in [2.45, 2.75) is 37.9 Å². The Balaban J connectivity index is 2.18. The zero-order valence-electron chi connectivity index (χ0n) is 9.72. The first-order chi connectivity index (χ1) is 8.00. The van der Waals surface area contributed by atoms with Gasteiger partial charge >= 0.3 is 5.97 Å². The SMILES string of the molecule is CC1(CCC(=O)O)CC(O)c2ccccc2O1. The van der Waals surface area contributed by atoms with Crippen LogP contribution in [0.5, 0.6) is 5.75 Å². The highest BCUT2D eigenvalue weighted by atomic mass is 16.5. The molecule has 4 nitrogen and oxygen atoms in total. The van der Waals surface area contributed by atoms with Crippen molar-refractivity contribution in [2.24, 2.45) is 0 Å². The minimum absolute atomic E-state index is 0.0470. The topological polar surface area (TPSA) is 66.8 Å². The van der Waals surface area contributed by atoms with Crippen LogP contribution in [0.1, 0.15) is 37.9 Å². The predicted octanol–water partition coefficient (Wildman–Crippen LogP) is 2.13. The molecule has 0 bridgehead atoms. The van der Waals surface area contributed by atoms with E-state index in [1.165, 1.54) is 0 Å². The Morgan fingerprint density at radius 2 is 2.24 bits per heavy atom. The van der Waals surface area contributed by atoms with Crippen LogP contribution < -0.4 is 4.74 Å². The van der Waals surface area contributed by atoms with E-state index in [0.717, 1.165) is 5.56 Å². The lowest BCUT2D eigenvalue weighted by molar-refractivity contribution is -0.138. The third kappa shape index (κ3) is 2.58. The molecule has 0 aliphatic carbocycles. The van der Waals surface area contributed by atoms with Gasteiger partial charge in [-0.2, -0.15) is 0 Å². The molecule has 92 valence electrons. The van der Waals surface area contributed by atoms with Crippen LogP contribution in [0, 0.1) is 0 Å². The van der Waals surface area contributed by atoms with Crippen LogP contribution in [-0.2, 0) is 4.79 Å². The molecular formula is C13H16O4. The molecule has 0 saturated heterocycles. The largest absolute Gasteiger partial charge is 0.487 e. The molecule has 0 amide bonds. The van der Waals surface area contributed by atoms with Crippen LogP contribution in [-0.4, -0.2) is 21.8 Å². The fourth-order valence-electron chi connectivity index (χ4n) is 2.20. The Hall–Kier alpha value is -1.55. The first kappa shape index (κ1) is 11.9. The van der Waals surface area contributed by atoms with Gasteiger partial charge in [-0.3, -0.25) is 4.79 Å². The molecule has 0 fully saturated rings. The standard InChI is InChI=1S/C13H16O4/c1-13(7-6-12(15)16)8-10(14)9-4-2-3-5-11(9)17-13/h2-5,10,14H,6-8H2,1H3,(H,15,16). The monoisotopic (exact) mass is 236 g/mol. The Morgan fingerprint density at radius 1 is 1.53 bits per heavy atom. The molecule has 4 heteroatoms. The molecule has 2 rings (SSSR count). The van der Waals surface area contributed by atoms with Crippen LogP contribution >= 0.6 is 0 Å². The molecule has 1 aromatic carbocycles. The van der Waals surface area contributed by atoms with Gasteiger partial charge in [0.25, 0.3) is 0 Å². The van der Waals surface area contributed by atoms with Crippen LogP contribution in [0.15, 0.2) is 24.3 Å². The molecule has 1 aliphatic rings. The van der Waals surface area contributed by atoms with Crippen molar-refractivity contribution in [1.29, 1.82) is 0 Å². The average Bonchev–Trinajstić information content (AvgIpc) is 2.26. The van der Waals surface area contributed by atoms with Gasteiger partial charge in [-0.05, 0) is 19.4 Å². The number of carbonyl (C=O) groups is 1. The Kier molecular flexibility index (Phi) is 3.07. The van der Waals surface area contributed by atoms with E-state index in [1.807, 2.05) is 25.1 Å². The van der Waals surface area contributed by atoms with E-state index in [4.69, 9.17) is 9.84 Å². The normalized spacial score (nSPS) is 27.1. The second-order valence-electron chi connectivity index (χ2n) is 4.70. The van der Waals surface area contributed by atoms with Crippen molar-refractivity contribution < 1.29 is 19.7 Å². The molecule has 0 aromatic heterocycles. The number of aliphatic hydroxyl groups is 1. The molecule has 0 saturated carbocycles. The highest BCUT2D eigenvalue weighted by molar-refractivity contribution is 5.66. The van der Waals surface area contributed by atoms with Crippen molar-refractivity contribution in [3.63, 3.8) is 0 Å². The maximum atomic E-state index is 10.6. The molecule has 17 heavy (non-hydrogen) atoms. The van der Waals surface area contributed by atoms with E-state index >= 15 is 0 Å². The Labute approximate surface area is 99.8 Å². The second kappa shape index (κ2) is 4.37. The van der Waals surface area contributed by atoms with Crippen molar-refractivity contribution in [3.05, 3.63) is 29.8 Å². The fourth-order valence-corrected chi connectivity index (χ4v) is 2.20. The summed E-state index contributed by atoms with van der Waals surface area (Å²) in [5.74, 6) is -0.192. The molecule has 2 unspecified atom stereocenters. The van der Waals surface area contributed by atoms with Gasteiger partial charge in [0.15, 0.2) is 0 Å². The van der Waals surface area contributed by atoms with Crippen molar-refractivity contribution >= 4 is 5.97 Å². The van der Waals surface area contributed by atoms with Gasteiger partial charge in [0.2, 0.25) is 0 Å². The minimum Gasteiger partial charge on any atom is -0.487 e. The second-order valence-corrected chi connectivity index (χ2v) is 4.70. The first-order valence-electron chi connectivity index (χ1n) is 5.68. The molecule has 0 radical (unpaired) electrons. The fraction of sp³-hybridized carbons (Fsp3) is 0.462. The lowest BCUT2D eigenvalue weighted by Gasteiger charge is -2.38. The average molecular weight is 236 g/mol. The Morgan fingerprint density at radius 3 is 2.94 bits per heavy atom. The van der Waals surface area contributed by atoms with E-state index in [-0.39, 0.29) is 6.42 Å². The van der Waals surface area contributed by atoms with Crippen LogP contribution in [0.2, 0.25) is 0 Å². The first-order valence-corrected chi connectivity index (χ1v) is 5.68. The quantitative estimate of drug-likeness (QED) is 0.843. The zero-order chi connectivity index (χ0) is 12.5. The number of benzene rings is 1. The van der Waals surface area contributed by atoms with Gasteiger partial charge < -0.3 is 14.9 Å². The van der Waals surface area contributed by atoms with E-state index in [1.54, 1.807) is 6.07 Å². The Bertz CT molecular complexity index is 429. The summed E-state index contributed by atoms with van der Waals surface area (Å²) >= 11 is 0. The molecule has 2 N–H and O–H groups in total. The number of fused-ring (bicyclic) bond motifs is 1. The summed E-state index contributed by atoms with van der Waals surface area (Å²) in [5.41, 5.74) is 0.173. The van der Waals surface area contributed by atoms with E-state index in [2.05, 4.69) is 0 Å². The highest BCUT2D eigenvalue weighted by Gasteiger charge is 2.36. The summed E-state index contributed by atoms with van der Waals surface area (Å²) in [4.78, 5) is 10.6. The summed E-state index contributed by atoms with van der Waals surface area (Å²) in [6.07, 6.45) is 0.287. The number of aliphatic hydroxyl groups excluding tert-OH is 1. The zero-order valence-corrected chi connectivity index (χ0v) is 9.72. The number of hydrogen-bond donors (Lipinski definition) is 2. The van der Waals surface area contributed by atoms with E-state index in [0.29, 0.717) is 18.6 Å². The van der Waals surface area contributed by atoms with Gasteiger partial charge in [-0.1, -0.05) is 18.2 Å². The third-order valence-corrected chi connectivity index (χ3v) is 3.13. The van der Waals surface area contributed by atoms with Gasteiger partial charge in [0.05, 0.1) is 6.10 Å². The molecule has 1 aromatic rings. The molecule has 1 aliphatic heterocycles. The number of para-hydroxylation sites is 1.